The molecule has 9 nitrogen and oxygen atoms in total. The first-order chi connectivity index (χ1) is 16.6. The van der Waals surface area contributed by atoms with Gasteiger partial charge in [-0.2, -0.15) is 0 Å². The standard InChI is InChI=1S/C24H31ClN6O3S/c1-4-21-23(31-14-19(25)7-10-22(31)29-21)24(32)28-13-18-5-8-20(9-6-18)27-11-12-30(16-26)35(33,34)15-17(2)3/h5-10,14,16-17,26-27H,4,11-13,15H2,1-3H3,(H,28,32). The average molecular weight is 519 g/mol. The zero-order valence-corrected chi connectivity index (χ0v) is 21.7. The van der Waals surface area contributed by atoms with Crippen LogP contribution < -0.4 is 10.6 Å². The molecule has 0 atom stereocenters. The van der Waals surface area contributed by atoms with Gasteiger partial charge >= 0.3 is 0 Å². The summed E-state index contributed by atoms with van der Waals surface area (Å²) in [6.07, 6.45) is 3.16. The molecule has 35 heavy (non-hydrogen) atoms. The van der Waals surface area contributed by atoms with Gasteiger partial charge in [-0.3, -0.25) is 18.9 Å². The van der Waals surface area contributed by atoms with Gasteiger partial charge in [0.1, 0.15) is 11.3 Å². The second kappa shape index (κ2) is 11.5. The Kier molecular flexibility index (Phi) is 8.74. The zero-order valence-electron chi connectivity index (χ0n) is 20.1. The van der Waals surface area contributed by atoms with Crippen molar-refractivity contribution in [1.82, 2.24) is 19.0 Å². The highest BCUT2D eigenvalue weighted by Gasteiger charge is 2.20. The van der Waals surface area contributed by atoms with Gasteiger partial charge in [0.05, 0.1) is 29.4 Å². The first kappa shape index (κ1) is 26.5. The molecule has 3 rings (SSSR count). The number of halogens is 1. The Labute approximate surface area is 211 Å². The largest absolute Gasteiger partial charge is 0.383 e. The molecule has 0 saturated heterocycles. The van der Waals surface area contributed by atoms with Crippen LogP contribution in [0, 0.1) is 11.3 Å². The van der Waals surface area contributed by atoms with E-state index in [2.05, 4.69) is 15.6 Å². The normalized spacial score (nSPS) is 11.6. The number of hydrogen-bond donors (Lipinski definition) is 3. The van der Waals surface area contributed by atoms with Crippen LogP contribution >= 0.6 is 11.6 Å². The lowest BCUT2D eigenvalue weighted by atomic mass is 10.2. The summed E-state index contributed by atoms with van der Waals surface area (Å²) in [6.45, 7) is 6.48. The van der Waals surface area contributed by atoms with Gasteiger partial charge in [-0.05, 0) is 42.2 Å². The van der Waals surface area contributed by atoms with Crippen molar-refractivity contribution in [2.24, 2.45) is 5.92 Å². The zero-order chi connectivity index (χ0) is 25.6. The van der Waals surface area contributed by atoms with E-state index in [9.17, 15) is 13.2 Å². The first-order valence-electron chi connectivity index (χ1n) is 11.4. The number of carbonyl (C=O) groups excluding carboxylic acids is 1. The molecule has 0 aliphatic carbocycles. The van der Waals surface area contributed by atoms with E-state index in [-0.39, 0.29) is 24.1 Å². The van der Waals surface area contributed by atoms with Gasteiger partial charge in [0.2, 0.25) is 10.0 Å². The highest BCUT2D eigenvalue weighted by Crippen LogP contribution is 2.18. The van der Waals surface area contributed by atoms with E-state index in [1.54, 1.807) is 22.7 Å². The Balaban J connectivity index is 1.57. The van der Waals surface area contributed by atoms with Crippen LogP contribution in [-0.4, -0.2) is 53.2 Å². The lowest BCUT2D eigenvalue weighted by molar-refractivity contribution is 0.0944. The predicted molar refractivity (Wildman–Crippen MR) is 140 cm³/mol. The monoisotopic (exact) mass is 518 g/mol. The molecule has 0 bridgehead atoms. The maximum Gasteiger partial charge on any atom is 0.270 e. The van der Waals surface area contributed by atoms with Crippen LogP contribution in [0.25, 0.3) is 5.65 Å². The molecule has 0 unspecified atom stereocenters. The number of amides is 1. The van der Waals surface area contributed by atoms with Crippen LogP contribution in [0.4, 0.5) is 5.69 Å². The fourth-order valence-corrected chi connectivity index (χ4v) is 5.40. The van der Waals surface area contributed by atoms with E-state index in [0.29, 0.717) is 41.6 Å². The number of rotatable bonds is 12. The third-order valence-corrected chi connectivity index (χ3v) is 7.63. The average Bonchev–Trinajstić information content (AvgIpc) is 3.17. The van der Waals surface area contributed by atoms with Crippen LogP contribution in [-0.2, 0) is 23.0 Å². The van der Waals surface area contributed by atoms with E-state index in [1.807, 2.05) is 45.0 Å². The van der Waals surface area contributed by atoms with Gasteiger partial charge in [0.15, 0.2) is 0 Å². The van der Waals surface area contributed by atoms with E-state index in [1.165, 1.54) is 0 Å². The number of nitrogens with one attached hydrogen (secondary N) is 3. The van der Waals surface area contributed by atoms with Crippen LogP contribution in [0.1, 0.15) is 42.5 Å². The molecule has 1 aromatic carbocycles. The summed E-state index contributed by atoms with van der Waals surface area (Å²) in [5, 5.41) is 14.1. The Morgan fingerprint density at radius 1 is 1.23 bits per heavy atom. The van der Waals surface area contributed by atoms with Gasteiger partial charge in [-0.15, -0.1) is 0 Å². The van der Waals surface area contributed by atoms with Crippen molar-refractivity contribution in [3.05, 3.63) is 64.6 Å². The van der Waals surface area contributed by atoms with Crippen molar-refractivity contribution < 1.29 is 13.2 Å². The summed E-state index contributed by atoms with van der Waals surface area (Å²) in [6, 6.07) is 11.0. The molecule has 0 aliphatic rings. The second-order valence-corrected chi connectivity index (χ2v) is 11.0. The van der Waals surface area contributed by atoms with Gasteiger partial charge in [0, 0.05) is 25.0 Å². The summed E-state index contributed by atoms with van der Waals surface area (Å²) >= 11 is 6.11. The van der Waals surface area contributed by atoms with Crippen LogP contribution in [0.2, 0.25) is 5.02 Å². The molecule has 0 radical (unpaired) electrons. The van der Waals surface area contributed by atoms with Crippen LogP contribution in [0.5, 0.6) is 0 Å². The van der Waals surface area contributed by atoms with Crippen LogP contribution in [0.3, 0.4) is 0 Å². The third kappa shape index (κ3) is 6.73. The molecule has 188 valence electrons. The molecule has 2 aromatic heterocycles. The van der Waals surface area contributed by atoms with Gasteiger partial charge in [-0.25, -0.2) is 13.4 Å². The number of fused-ring (bicyclic) bond motifs is 1. The van der Waals surface area contributed by atoms with Gasteiger partial charge in [0.25, 0.3) is 5.91 Å². The van der Waals surface area contributed by atoms with E-state index < -0.39 is 10.0 Å². The summed E-state index contributed by atoms with van der Waals surface area (Å²) in [4.78, 5) is 17.4. The van der Waals surface area contributed by atoms with Crippen molar-refractivity contribution in [1.29, 1.82) is 5.41 Å². The second-order valence-electron chi connectivity index (χ2n) is 8.55. The molecule has 2 heterocycles. The first-order valence-corrected chi connectivity index (χ1v) is 13.4. The van der Waals surface area contributed by atoms with Crippen LogP contribution in [0.15, 0.2) is 42.6 Å². The summed E-state index contributed by atoms with van der Waals surface area (Å²) in [7, 11) is -3.49. The van der Waals surface area contributed by atoms with Crippen molar-refractivity contribution in [2.45, 2.75) is 33.7 Å². The van der Waals surface area contributed by atoms with Gasteiger partial charge in [-0.1, -0.05) is 44.5 Å². The Hall–Kier alpha value is -3.11. The van der Waals surface area contributed by atoms with E-state index in [4.69, 9.17) is 17.0 Å². The highest BCUT2D eigenvalue weighted by atomic mass is 35.5. The molecule has 0 saturated carbocycles. The molecule has 3 N–H and O–H groups in total. The van der Waals surface area contributed by atoms with E-state index >= 15 is 0 Å². The van der Waals surface area contributed by atoms with E-state index in [0.717, 1.165) is 21.9 Å². The number of imidazole rings is 1. The molecule has 1 amide bonds. The minimum atomic E-state index is -3.49. The minimum Gasteiger partial charge on any atom is -0.383 e. The molecule has 11 heteroatoms. The van der Waals surface area contributed by atoms with Crippen molar-refractivity contribution in [2.75, 3.05) is 24.2 Å². The lowest BCUT2D eigenvalue weighted by Crippen LogP contribution is -2.36. The molecular formula is C24H31ClN6O3S. The molecule has 3 aromatic rings. The fourth-order valence-electron chi connectivity index (χ4n) is 3.67. The number of pyridine rings is 1. The van der Waals surface area contributed by atoms with Crippen molar-refractivity contribution in [3.63, 3.8) is 0 Å². The third-order valence-electron chi connectivity index (χ3n) is 5.32. The minimum absolute atomic E-state index is 0.00464. The smallest absolute Gasteiger partial charge is 0.270 e. The predicted octanol–water partition coefficient (Wildman–Crippen LogP) is 3.79. The maximum absolute atomic E-state index is 12.9. The summed E-state index contributed by atoms with van der Waals surface area (Å²) < 4.78 is 27.4. The number of anilines is 1. The topological polar surface area (TPSA) is 120 Å². The number of benzene rings is 1. The Morgan fingerprint density at radius 3 is 2.57 bits per heavy atom. The number of carbonyl (C=O) groups is 1. The highest BCUT2D eigenvalue weighted by molar-refractivity contribution is 7.89. The molecule has 0 spiro atoms. The Bertz CT molecular complexity index is 1290. The Morgan fingerprint density at radius 2 is 1.94 bits per heavy atom. The molecular weight excluding hydrogens is 488 g/mol. The number of hydrogen-bond acceptors (Lipinski definition) is 6. The molecule has 0 aliphatic heterocycles. The molecule has 0 fully saturated rings. The fraction of sp³-hybridized carbons (Fsp3) is 0.375. The number of nitrogens with zero attached hydrogens (tertiary/aromatic N) is 3. The van der Waals surface area contributed by atoms with Crippen molar-refractivity contribution >= 4 is 45.2 Å². The lowest BCUT2D eigenvalue weighted by Gasteiger charge is -2.20. The number of sulfonamides is 1. The summed E-state index contributed by atoms with van der Waals surface area (Å²) in [5.74, 6) is -0.235. The van der Waals surface area contributed by atoms with Gasteiger partial charge < -0.3 is 10.6 Å². The SMILES string of the molecule is CCc1nc2ccc(Cl)cn2c1C(=O)NCc1ccc(NCCN(C=N)S(=O)(=O)CC(C)C)cc1. The summed E-state index contributed by atoms with van der Waals surface area (Å²) in [5.41, 5.74) is 3.58. The number of aromatic nitrogens is 2. The maximum atomic E-state index is 12.9. The number of aryl methyl sites for hydroxylation is 1. The van der Waals surface area contributed by atoms with Crippen molar-refractivity contribution in [3.8, 4) is 0 Å². The quantitative estimate of drug-likeness (QED) is 0.249.